The number of benzene rings is 4. The predicted octanol–water partition coefficient (Wildman–Crippen LogP) is 7.34. The lowest BCUT2D eigenvalue weighted by Crippen LogP contribution is -2.20. The van der Waals surface area contributed by atoms with Crippen molar-refractivity contribution < 1.29 is 0 Å². The molecule has 1 aliphatic carbocycles. The second kappa shape index (κ2) is 8.94. The summed E-state index contributed by atoms with van der Waals surface area (Å²) < 4.78 is 0. The van der Waals surface area contributed by atoms with Crippen LogP contribution in [0.5, 0.6) is 0 Å². The summed E-state index contributed by atoms with van der Waals surface area (Å²) >= 11 is 4.99. The molecule has 2 N–H and O–H groups in total. The summed E-state index contributed by atoms with van der Waals surface area (Å²) in [6.07, 6.45) is 4.19. The first-order chi connectivity index (χ1) is 15.7. The van der Waals surface area contributed by atoms with Crippen LogP contribution in [0, 0.1) is 0 Å². The summed E-state index contributed by atoms with van der Waals surface area (Å²) in [6.45, 7) is 0. The van der Waals surface area contributed by atoms with Crippen LogP contribution in [0.1, 0.15) is 17.0 Å². The van der Waals surface area contributed by atoms with E-state index >= 15 is 0 Å². The fraction of sp³-hybridized carbons (Fsp3) is 0.0667. The molecule has 1 nitrogen and oxygen atoms in total. The molecule has 0 aromatic heterocycles. The summed E-state index contributed by atoms with van der Waals surface area (Å²) in [7, 11) is 0. The molecular formula is C30H25NS. The van der Waals surface area contributed by atoms with Crippen LogP contribution >= 0.6 is 12.6 Å². The molecule has 0 amide bonds. The molecule has 0 fully saturated rings. The Morgan fingerprint density at radius 1 is 0.562 bits per heavy atom. The topological polar surface area (TPSA) is 26.0 Å². The van der Waals surface area contributed by atoms with Gasteiger partial charge in [-0.1, -0.05) is 109 Å². The highest BCUT2D eigenvalue weighted by molar-refractivity contribution is 7.81. The molecule has 4 aromatic carbocycles. The molecule has 2 atom stereocenters. The highest BCUT2D eigenvalue weighted by Crippen LogP contribution is 2.39. The monoisotopic (exact) mass is 431 g/mol. The highest BCUT2D eigenvalue weighted by atomic mass is 32.1. The Morgan fingerprint density at radius 2 is 1.09 bits per heavy atom. The van der Waals surface area contributed by atoms with Gasteiger partial charge < -0.3 is 5.73 Å². The van der Waals surface area contributed by atoms with Crippen molar-refractivity contribution >= 4 is 18.2 Å². The molecule has 0 spiro atoms. The molecule has 1 aliphatic rings. The van der Waals surface area contributed by atoms with Crippen LogP contribution in [0.4, 0.5) is 0 Å². The molecule has 2 unspecified atom stereocenters. The van der Waals surface area contributed by atoms with E-state index in [4.69, 9.17) is 18.4 Å². The van der Waals surface area contributed by atoms with Gasteiger partial charge >= 0.3 is 0 Å². The van der Waals surface area contributed by atoms with Gasteiger partial charge in [0.2, 0.25) is 0 Å². The van der Waals surface area contributed by atoms with Crippen molar-refractivity contribution in [3.8, 4) is 22.3 Å². The van der Waals surface area contributed by atoms with Crippen LogP contribution in [0.15, 0.2) is 127 Å². The number of thiol groups is 1. The number of hydrogen-bond acceptors (Lipinski definition) is 2. The Morgan fingerprint density at radius 3 is 1.75 bits per heavy atom. The summed E-state index contributed by atoms with van der Waals surface area (Å²) in [5, 5.41) is 0.00894. The van der Waals surface area contributed by atoms with E-state index in [0.29, 0.717) is 0 Å². The molecule has 0 bridgehead atoms. The fourth-order valence-corrected chi connectivity index (χ4v) is 4.98. The number of hydrogen-bond donors (Lipinski definition) is 2. The Bertz CT molecular complexity index is 1270. The van der Waals surface area contributed by atoms with E-state index in [0.717, 1.165) is 16.8 Å². The lowest BCUT2D eigenvalue weighted by Gasteiger charge is -2.28. The van der Waals surface area contributed by atoms with Gasteiger partial charge in [-0.25, -0.2) is 0 Å². The smallest absolute Gasteiger partial charge is 0.0396 e. The van der Waals surface area contributed by atoms with E-state index in [9.17, 15) is 0 Å². The molecule has 4 aromatic rings. The zero-order valence-corrected chi connectivity index (χ0v) is 18.6. The summed E-state index contributed by atoms with van der Waals surface area (Å²) in [6, 6.07) is 38.3. The Kier molecular flexibility index (Phi) is 5.70. The minimum atomic E-state index is 0.00894. The maximum atomic E-state index is 6.42. The Labute approximate surface area is 195 Å². The maximum absolute atomic E-state index is 6.42. The average molecular weight is 432 g/mol. The SMILES string of the molecule is NC1=C(c2ccc(-c3cccc(-c4ccccc4)c3)cc2)C(S)C(c2ccccc2)C=C1. The van der Waals surface area contributed by atoms with Gasteiger partial charge in [-0.3, -0.25) is 0 Å². The zero-order chi connectivity index (χ0) is 21.9. The van der Waals surface area contributed by atoms with Crippen molar-refractivity contribution in [2.24, 2.45) is 5.73 Å². The fourth-order valence-electron chi connectivity index (χ4n) is 4.41. The first kappa shape index (κ1) is 20.4. The maximum Gasteiger partial charge on any atom is 0.0396 e. The van der Waals surface area contributed by atoms with Crippen molar-refractivity contribution in [1.29, 1.82) is 0 Å². The van der Waals surface area contributed by atoms with Crippen LogP contribution in [-0.4, -0.2) is 5.25 Å². The minimum absolute atomic E-state index is 0.00894. The van der Waals surface area contributed by atoms with Crippen molar-refractivity contribution in [3.63, 3.8) is 0 Å². The van der Waals surface area contributed by atoms with Crippen molar-refractivity contribution in [1.82, 2.24) is 0 Å². The van der Waals surface area contributed by atoms with Gasteiger partial charge in [0, 0.05) is 16.9 Å². The first-order valence-corrected chi connectivity index (χ1v) is 11.4. The normalized spacial score (nSPS) is 18.0. The largest absolute Gasteiger partial charge is 0.398 e. The second-order valence-electron chi connectivity index (χ2n) is 8.13. The van der Waals surface area contributed by atoms with Gasteiger partial charge in [0.1, 0.15) is 0 Å². The summed E-state index contributed by atoms with van der Waals surface area (Å²) in [5.41, 5.74) is 15.5. The molecule has 156 valence electrons. The highest BCUT2D eigenvalue weighted by Gasteiger charge is 2.27. The first-order valence-electron chi connectivity index (χ1n) is 10.9. The average Bonchev–Trinajstić information content (AvgIpc) is 2.86. The number of allylic oxidation sites excluding steroid dienone is 2. The molecule has 5 rings (SSSR count). The van der Waals surface area contributed by atoms with E-state index in [-0.39, 0.29) is 11.2 Å². The van der Waals surface area contributed by atoms with E-state index in [2.05, 4.69) is 103 Å². The molecule has 2 heteroatoms. The van der Waals surface area contributed by atoms with E-state index in [1.54, 1.807) is 0 Å². The van der Waals surface area contributed by atoms with Gasteiger partial charge in [0.05, 0.1) is 0 Å². The van der Waals surface area contributed by atoms with E-state index in [1.807, 2.05) is 18.2 Å². The quantitative estimate of drug-likeness (QED) is 0.325. The third-order valence-corrected chi connectivity index (χ3v) is 6.69. The van der Waals surface area contributed by atoms with Crippen LogP contribution < -0.4 is 5.73 Å². The minimum Gasteiger partial charge on any atom is -0.398 e. The van der Waals surface area contributed by atoms with Gasteiger partial charge in [-0.05, 0) is 51.1 Å². The van der Waals surface area contributed by atoms with Gasteiger partial charge in [-0.15, -0.1) is 0 Å². The van der Waals surface area contributed by atoms with Crippen molar-refractivity contribution in [2.75, 3.05) is 0 Å². The van der Waals surface area contributed by atoms with E-state index < -0.39 is 0 Å². The summed E-state index contributed by atoms with van der Waals surface area (Å²) in [5.74, 6) is 0.198. The van der Waals surface area contributed by atoms with Crippen LogP contribution in [0.2, 0.25) is 0 Å². The molecule has 0 heterocycles. The van der Waals surface area contributed by atoms with Crippen LogP contribution in [0.25, 0.3) is 27.8 Å². The van der Waals surface area contributed by atoms with E-state index in [1.165, 1.54) is 27.8 Å². The van der Waals surface area contributed by atoms with Crippen molar-refractivity contribution in [3.05, 3.63) is 138 Å². The number of nitrogens with two attached hydrogens (primary N) is 1. The Hall–Kier alpha value is -3.49. The third kappa shape index (κ3) is 4.02. The molecular weight excluding hydrogens is 406 g/mol. The van der Waals surface area contributed by atoms with Gasteiger partial charge in [0.25, 0.3) is 0 Å². The predicted molar refractivity (Wildman–Crippen MR) is 140 cm³/mol. The third-order valence-electron chi connectivity index (χ3n) is 6.11. The molecule has 0 aliphatic heterocycles. The number of rotatable bonds is 4. The van der Waals surface area contributed by atoms with Gasteiger partial charge in [0.15, 0.2) is 0 Å². The lowest BCUT2D eigenvalue weighted by atomic mass is 9.83. The standard InChI is InChI=1S/C30H25NS/c31-28-19-18-27(23-10-5-2-6-11-23)30(32)29(28)24-16-14-22(15-17-24)26-13-7-12-25(20-26)21-8-3-1-4-9-21/h1-20,27,30,32H,31H2. The molecule has 32 heavy (non-hydrogen) atoms. The second-order valence-corrected chi connectivity index (χ2v) is 8.69. The van der Waals surface area contributed by atoms with Gasteiger partial charge in [-0.2, -0.15) is 12.6 Å². The van der Waals surface area contributed by atoms with Crippen LogP contribution in [-0.2, 0) is 0 Å². The molecule has 0 saturated heterocycles. The lowest BCUT2D eigenvalue weighted by molar-refractivity contribution is 0.878. The Balaban J connectivity index is 1.44. The molecule has 0 saturated carbocycles. The summed E-state index contributed by atoms with van der Waals surface area (Å²) in [4.78, 5) is 0. The van der Waals surface area contributed by atoms with Crippen molar-refractivity contribution in [2.45, 2.75) is 11.2 Å². The zero-order valence-electron chi connectivity index (χ0n) is 17.7. The van der Waals surface area contributed by atoms with Crippen LogP contribution in [0.3, 0.4) is 0 Å². The molecule has 0 radical (unpaired) electrons.